The van der Waals surface area contributed by atoms with Crippen LogP contribution in [0.1, 0.15) is 15.9 Å². The number of carbonyl (C=O) groups excluding carboxylic acids is 1. The molecule has 0 aliphatic rings. The Morgan fingerprint density at radius 3 is 2.07 bits per heavy atom. The van der Waals surface area contributed by atoms with E-state index in [1.165, 1.54) is 10.8 Å². The molecule has 4 aromatic carbocycles. The van der Waals surface area contributed by atoms with Crippen LogP contribution in [0.25, 0.3) is 10.8 Å². The largest absolute Gasteiger partial charge is 0.355 e. The number of hydrogen-bond donors (Lipinski definition) is 2. The summed E-state index contributed by atoms with van der Waals surface area (Å²) in [5, 5.41) is 5.93. The monoisotopic (exact) mass is 354 g/mol. The lowest BCUT2D eigenvalue weighted by Gasteiger charge is -2.10. The first kappa shape index (κ1) is 18.4. The van der Waals surface area contributed by atoms with Gasteiger partial charge in [0.05, 0.1) is 0 Å². The Balaban J connectivity index is 0.000000221. The number of anilines is 2. The summed E-state index contributed by atoms with van der Waals surface area (Å²) < 4.78 is 0. The van der Waals surface area contributed by atoms with Crippen LogP contribution >= 0.6 is 0 Å². The Morgan fingerprint density at radius 1 is 0.741 bits per heavy atom. The second-order valence-corrected chi connectivity index (χ2v) is 6.08. The van der Waals surface area contributed by atoms with Gasteiger partial charge in [-0.3, -0.25) is 4.79 Å². The van der Waals surface area contributed by atoms with Gasteiger partial charge in [-0.1, -0.05) is 78.9 Å². The second kappa shape index (κ2) is 9.32. The molecule has 3 nitrogen and oxygen atoms in total. The van der Waals surface area contributed by atoms with Crippen molar-refractivity contribution in [3.05, 3.63) is 108 Å². The summed E-state index contributed by atoms with van der Waals surface area (Å²) in [6.07, 6.45) is 0.833. The van der Waals surface area contributed by atoms with Gasteiger partial charge in [-0.2, -0.15) is 0 Å². The molecule has 0 fully saturated rings. The quantitative estimate of drug-likeness (QED) is 0.473. The normalized spacial score (nSPS) is 9.96. The van der Waals surface area contributed by atoms with E-state index in [4.69, 9.17) is 5.73 Å². The van der Waals surface area contributed by atoms with Crippen LogP contribution in [0.2, 0.25) is 0 Å². The van der Waals surface area contributed by atoms with E-state index in [0.29, 0.717) is 6.54 Å². The van der Waals surface area contributed by atoms with Crippen LogP contribution in [0.3, 0.4) is 0 Å². The Kier molecular flexibility index (Phi) is 6.34. The fourth-order valence-electron chi connectivity index (χ4n) is 2.75. The summed E-state index contributed by atoms with van der Waals surface area (Å²) in [7, 11) is 0. The third-order valence-corrected chi connectivity index (χ3v) is 4.19. The standard InChI is InChI=1S/C17H16N2.C7H6O/c18-12-13-8-10-15(11-9-13)19-17-7-3-5-14-4-1-2-6-16(14)17;8-6-7-4-2-1-3-5-7/h1-11,19H,12,18H2;1-6H. The maximum absolute atomic E-state index is 10.0. The number of rotatable bonds is 4. The summed E-state index contributed by atoms with van der Waals surface area (Å²) in [5.74, 6) is 0. The molecule has 0 unspecified atom stereocenters. The molecule has 0 amide bonds. The van der Waals surface area contributed by atoms with Crippen molar-refractivity contribution in [3.63, 3.8) is 0 Å². The van der Waals surface area contributed by atoms with Crippen molar-refractivity contribution in [3.8, 4) is 0 Å². The van der Waals surface area contributed by atoms with Gasteiger partial charge in [0.25, 0.3) is 0 Å². The van der Waals surface area contributed by atoms with Crippen LogP contribution in [-0.2, 0) is 6.54 Å². The minimum atomic E-state index is 0.578. The number of fused-ring (bicyclic) bond motifs is 1. The highest BCUT2D eigenvalue weighted by molar-refractivity contribution is 5.95. The van der Waals surface area contributed by atoms with Gasteiger partial charge in [0.15, 0.2) is 0 Å². The maximum atomic E-state index is 10.0. The van der Waals surface area contributed by atoms with E-state index in [1.54, 1.807) is 12.1 Å². The highest BCUT2D eigenvalue weighted by atomic mass is 16.1. The van der Waals surface area contributed by atoms with Gasteiger partial charge in [0.2, 0.25) is 0 Å². The van der Waals surface area contributed by atoms with Crippen molar-refractivity contribution < 1.29 is 4.79 Å². The number of nitrogens with two attached hydrogens (primary N) is 1. The third-order valence-electron chi connectivity index (χ3n) is 4.19. The van der Waals surface area contributed by atoms with Gasteiger partial charge in [0, 0.05) is 28.9 Å². The zero-order chi connectivity index (χ0) is 18.9. The fraction of sp³-hybridized carbons (Fsp3) is 0.0417. The van der Waals surface area contributed by atoms with E-state index < -0.39 is 0 Å². The highest BCUT2D eigenvalue weighted by Crippen LogP contribution is 2.26. The SMILES string of the molecule is NCc1ccc(Nc2cccc3ccccc23)cc1.O=Cc1ccccc1. The average Bonchev–Trinajstić information content (AvgIpc) is 2.75. The molecular formula is C24H22N2O. The van der Waals surface area contributed by atoms with Crippen LogP contribution < -0.4 is 11.1 Å². The molecule has 27 heavy (non-hydrogen) atoms. The lowest BCUT2D eigenvalue weighted by molar-refractivity contribution is 0.112. The molecule has 0 saturated carbocycles. The van der Waals surface area contributed by atoms with E-state index in [9.17, 15) is 4.79 Å². The number of hydrogen-bond acceptors (Lipinski definition) is 3. The third kappa shape index (κ3) is 5.03. The minimum absolute atomic E-state index is 0.578. The molecule has 0 aromatic heterocycles. The number of aldehydes is 1. The van der Waals surface area contributed by atoms with Gasteiger partial charge in [-0.05, 0) is 29.1 Å². The van der Waals surface area contributed by atoms with Crippen LogP contribution in [0, 0.1) is 0 Å². The Hall–Kier alpha value is -3.43. The van der Waals surface area contributed by atoms with Crippen LogP contribution in [0.5, 0.6) is 0 Å². The number of carbonyl (C=O) groups is 1. The molecule has 4 aromatic rings. The second-order valence-electron chi connectivity index (χ2n) is 6.08. The molecule has 0 spiro atoms. The number of nitrogens with one attached hydrogen (secondary N) is 1. The summed E-state index contributed by atoms with van der Waals surface area (Å²) in [5.41, 5.74) is 9.68. The topological polar surface area (TPSA) is 55.1 Å². The van der Waals surface area contributed by atoms with Gasteiger partial charge >= 0.3 is 0 Å². The molecule has 0 saturated heterocycles. The van der Waals surface area contributed by atoms with Crippen molar-refractivity contribution in [2.45, 2.75) is 6.54 Å². The number of benzene rings is 4. The summed E-state index contributed by atoms with van der Waals surface area (Å²) in [6.45, 7) is 0.578. The van der Waals surface area contributed by atoms with E-state index in [1.807, 2.05) is 30.3 Å². The van der Waals surface area contributed by atoms with Crippen molar-refractivity contribution in [2.24, 2.45) is 5.73 Å². The molecule has 0 radical (unpaired) electrons. The van der Waals surface area contributed by atoms with Gasteiger partial charge < -0.3 is 11.1 Å². The van der Waals surface area contributed by atoms with E-state index in [0.717, 1.165) is 28.8 Å². The smallest absolute Gasteiger partial charge is 0.150 e. The average molecular weight is 354 g/mol. The Labute approximate surface area is 159 Å². The van der Waals surface area contributed by atoms with Gasteiger partial charge in [-0.15, -0.1) is 0 Å². The molecule has 134 valence electrons. The molecule has 0 heterocycles. The molecule has 0 aliphatic heterocycles. The van der Waals surface area contributed by atoms with E-state index in [-0.39, 0.29) is 0 Å². The summed E-state index contributed by atoms with van der Waals surface area (Å²) >= 11 is 0. The van der Waals surface area contributed by atoms with Crippen molar-refractivity contribution in [2.75, 3.05) is 5.32 Å². The fourth-order valence-corrected chi connectivity index (χ4v) is 2.75. The first-order chi connectivity index (χ1) is 13.3. The molecule has 0 aliphatic carbocycles. The van der Waals surface area contributed by atoms with E-state index in [2.05, 4.69) is 59.9 Å². The molecule has 4 rings (SSSR count). The van der Waals surface area contributed by atoms with Gasteiger partial charge in [-0.25, -0.2) is 0 Å². The van der Waals surface area contributed by atoms with E-state index >= 15 is 0 Å². The molecule has 3 heteroatoms. The van der Waals surface area contributed by atoms with Crippen LogP contribution in [0.4, 0.5) is 11.4 Å². The summed E-state index contributed by atoms with van der Waals surface area (Å²) in [6, 6.07) is 32.0. The van der Waals surface area contributed by atoms with Crippen molar-refractivity contribution >= 4 is 28.4 Å². The predicted molar refractivity (Wildman–Crippen MR) is 113 cm³/mol. The first-order valence-electron chi connectivity index (χ1n) is 8.84. The van der Waals surface area contributed by atoms with Crippen molar-refractivity contribution in [1.82, 2.24) is 0 Å². The van der Waals surface area contributed by atoms with Crippen LogP contribution in [-0.4, -0.2) is 6.29 Å². The molecular weight excluding hydrogens is 332 g/mol. The first-order valence-corrected chi connectivity index (χ1v) is 8.84. The minimum Gasteiger partial charge on any atom is -0.355 e. The zero-order valence-corrected chi connectivity index (χ0v) is 15.0. The summed E-state index contributed by atoms with van der Waals surface area (Å²) in [4.78, 5) is 10.0. The predicted octanol–water partition coefficient (Wildman–Crippen LogP) is 5.54. The maximum Gasteiger partial charge on any atom is 0.150 e. The van der Waals surface area contributed by atoms with Crippen LogP contribution in [0.15, 0.2) is 97.1 Å². The Bertz CT molecular complexity index is 990. The molecule has 0 atom stereocenters. The molecule has 0 bridgehead atoms. The van der Waals surface area contributed by atoms with Crippen molar-refractivity contribution in [1.29, 1.82) is 0 Å². The lowest BCUT2D eigenvalue weighted by atomic mass is 10.1. The Morgan fingerprint density at radius 2 is 1.41 bits per heavy atom. The lowest BCUT2D eigenvalue weighted by Crippen LogP contribution is -1.96. The van der Waals surface area contributed by atoms with Gasteiger partial charge in [0.1, 0.15) is 6.29 Å². The molecule has 3 N–H and O–H groups in total. The highest BCUT2D eigenvalue weighted by Gasteiger charge is 2.00. The zero-order valence-electron chi connectivity index (χ0n) is 15.0.